The van der Waals surface area contributed by atoms with Gasteiger partial charge in [-0.25, -0.2) is 9.37 Å². The molecule has 0 spiro atoms. The minimum atomic E-state index is -0.408. The largest absolute Gasteiger partial charge is 0.344 e. The summed E-state index contributed by atoms with van der Waals surface area (Å²) in [6.45, 7) is 3.47. The molecule has 6 heteroatoms. The molecule has 2 N–H and O–H groups in total. The van der Waals surface area contributed by atoms with Gasteiger partial charge in [-0.2, -0.15) is 0 Å². The number of aryl methyl sites for hydroxylation is 1. The lowest BCUT2D eigenvalue weighted by molar-refractivity contribution is 0.0934. The van der Waals surface area contributed by atoms with Gasteiger partial charge in [0.2, 0.25) is 0 Å². The predicted molar refractivity (Wildman–Crippen MR) is 97.3 cm³/mol. The zero-order valence-corrected chi connectivity index (χ0v) is 14.4. The van der Waals surface area contributed by atoms with E-state index in [2.05, 4.69) is 15.3 Å². The van der Waals surface area contributed by atoms with Crippen molar-refractivity contribution in [2.45, 2.75) is 19.9 Å². The number of amides is 1. The van der Waals surface area contributed by atoms with Crippen LogP contribution in [0.5, 0.6) is 0 Å². The average Bonchev–Trinajstić information content (AvgIpc) is 2.61. The van der Waals surface area contributed by atoms with E-state index in [-0.39, 0.29) is 23.1 Å². The van der Waals surface area contributed by atoms with Crippen molar-refractivity contribution in [2.24, 2.45) is 0 Å². The van der Waals surface area contributed by atoms with Crippen LogP contribution in [0.3, 0.4) is 0 Å². The highest BCUT2D eigenvalue weighted by atomic mass is 19.1. The molecule has 0 aliphatic rings. The van der Waals surface area contributed by atoms with Gasteiger partial charge in [0.25, 0.3) is 11.5 Å². The van der Waals surface area contributed by atoms with Crippen LogP contribution in [0, 0.1) is 12.7 Å². The number of benzene rings is 2. The normalized spacial score (nSPS) is 11.8. The van der Waals surface area contributed by atoms with Crippen LogP contribution in [0.1, 0.15) is 34.8 Å². The van der Waals surface area contributed by atoms with E-state index in [1.165, 1.54) is 18.2 Å². The maximum Gasteiger partial charge on any atom is 0.270 e. The Morgan fingerprint density at radius 3 is 2.23 bits per heavy atom. The second kappa shape index (κ2) is 7.31. The molecular formula is C20H18FN3O2. The fraction of sp³-hybridized carbons (Fsp3) is 0.150. The highest BCUT2D eigenvalue weighted by molar-refractivity contribution is 5.92. The van der Waals surface area contributed by atoms with Crippen LogP contribution in [0.2, 0.25) is 0 Å². The Hall–Kier alpha value is -3.28. The number of carbonyl (C=O) groups excluding carboxylic acids is 1. The minimum absolute atomic E-state index is 0.0843. The van der Waals surface area contributed by atoms with Gasteiger partial charge < -0.3 is 10.3 Å². The van der Waals surface area contributed by atoms with Gasteiger partial charge in [-0.05, 0) is 42.7 Å². The standard InChI is InChI=1S/C20H18FN3O2/c1-12(22-20(26)18-11-19(25)24-13(2)23-18)14-3-5-15(6-4-14)16-7-9-17(21)10-8-16/h3-12H,1-2H3,(H,22,26)(H,23,24,25). The van der Waals surface area contributed by atoms with Crippen molar-refractivity contribution >= 4 is 5.91 Å². The second-order valence-electron chi connectivity index (χ2n) is 6.04. The molecule has 0 bridgehead atoms. The summed E-state index contributed by atoms with van der Waals surface area (Å²) in [4.78, 5) is 30.3. The molecule has 132 valence electrons. The van der Waals surface area contributed by atoms with E-state index in [0.29, 0.717) is 5.82 Å². The minimum Gasteiger partial charge on any atom is -0.344 e. The Morgan fingerprint density at radius 2 is 1.65 bits per heavy atom. The fourth-order valence-corrected chi connectivity index (χ4v) is 2.66. The molecule has 3 aromatic rings. The maximum absolute atomic E-state index is 13.0. The summed E-state index contributed by atoms with van der Waals surface area (Å²) in [5.41, 5.74) is 2.50. The lowest BCUT2D eigenvalue weighted by Crippen LogP contribution is -2.29. The molecular weight excluding hydrogens is 333 g/mol. The van der Waals surface area contributed by atoms with Gasteiger partial charge in [0.05, 0.1) is 6.04 Å². The number of nitrogens with zero attached hydrogens (tertiary/aromatic N) is 1. The third-order valence-corrected chi connectivity index (χ3v) is 4.03. The van der Waals surface area contributed by atoms with Crippen molar-refractivity contribution in [3.63, 3.8) is 0 Å². The van der Waals surface area contributed by atoms with E-state index in [4.69, 9.17) is 0 Å². The third-order valence-electron chi connectivity index (χ3n) is 4.03. The van der Waals surface area contributed by atoms with Crippen LogP contribution < -0.4 is 10.9 Å². The van der Waals surface area contributed by atoms with E-state index in [1.807, 2.05) is 31.2 Å². The van der Waals surface area contributed by atoms with Crippen molar-refractivity contribution < 1.29 is 9.18 Å². The van der Waals surface area contributed by atoms with Crippen LogP contribution in [0.15, 0.2) is 59.4 Å². The van der Waals surface area contributed by atoms with Crippen molar-refractivity contribution in [3.8, 4) is 11.1 Å². The van der Waals surface area contributed by atoms with Gasteiger partial charge in [0, 0.05) is 6.07 Å². The molecule has 1 atom stereocenters. The van der Waals surface area contributed by atoms with Crippen LogP contribution in [0.4, 0.5) is 4.39 Å². The van der Waals surface area contributed by atoms with Crippen LogP contribution in [-0.2, 0) is 0 Å². The molecule has 1 unspecified atom stereocenters. The molecule has 1 amide bonds. The summed E-state index contributed by atoms with van der Waals surface area (Å²) in [6, 6.07) is 14.8. The molecule has 1 heterocycles. The highest BCUT2D eigenvalue weighted by Gasteiger charge is 2.14. The molecule has 3 rings (SSSR count). The molecule has 26 heavy (non-hydrogen) atoms. The molecule has 5 nitrogen and oxygen atoms in total. The first kappa shape index (κ1) is 17.5. The average molecular weight is 351 g/mol. The Balaban J connectivity index is 1.73. The second-order valence-corrected chi connectivity index (χ2v) is 6.04. The first-order valence-electron chi connectivity index (χ1n) is 8.17. The summed E-state index contributed by atoms with van der Waals surface area (Å²) in [6.07, 6.45) is 0. The zero-order valence-electron chi connectivity index (χ0n) is 14.4. The van der Waals surface area contributed by atoms with Crippen molar-refractivity contribution in [2.75, 3.05) is 0 Å². The molecule has 0 aliphatic carbocycles. The molecule has 0 saturated carbocycles. The fourth-order valence-electron chi connectivity index (χ4n) is 2.66. The smallest absolute Gasteiger partial charge is 0.270 e. The zero-order chi connectivity index (χ0) is 18.7. The molecule has 0 aliphatic heterocycles. The van der Waals surface area contributed by atoms with E-state index in [0.717, 1.165) is 16.7 Å². The van der Waals surface area contributed by atoms with Gasteiger partial charge in [-0.15, -0.1) is 0 Å². The van der Waals surface area contributed by atoms with E-state index < -0.39 is 5.91 Å². The first-order chi connectivity index (χ1) is 12.4. The number of rotatable bonds is 4. The summed E-state index contributed by atoms with van der Waals surface area (Å²) in [5, 5.41) is 2.83. The first-order valence-corrected chi connectivity index (χ1v) is 8.17. The summed E-state index contributed by atoms with van der Waals surface area (Å²) in [5.74, 6) is -0.293. The number of halogens is 1. The number of aromatic nitrogens is 2. The number of nitrogens with one attached hydrogen (secondary N) is 2. The number of carbonyl (C=O) groups is 1. The molecule has 2 aromatic carbocycles. The molecule has 0 fully saturated rings. The van der Waals surface area contributed by atoms with Crippen molar-refractivity contribution in [1.82, 2.24) is 15.3 Å². The molecule has 0 saturated heterocycles. The van der Waals surface area contributed by atoms with E-state index in [1.54, 1.807) is 19.1 Å². The predicted octanol–water partition coefficient (Wildman–Crippen LogP) is 3.38. The van der Waals surface area contributed by atoms with E-state index in [9.17, 15) is 14.0 Å². The Kier molecular flexibility index (Phi) is 4.93. The van der Waals surface area contributed by atoms with Gasteiger partial charge in [-0.1, -0.05) is 36.4 Å². The van der Waals surface area contributed by atoms with Gasteiger partial charge in [-0.3, -0.25) is 9.59 Å². The SMILES string of the molecule is Cc1nc(C(=O)NC(C)c2ccc(-c3ccc(F)cc3)cc2)cc(=O)[nH]1. The van der Waals surface area contributed by atoms with Crippen LogP contribution in [0.25, 0.3) is 11.1 Å². The topological polar surface area (TPSA) is 74.8 Å². The van der Waals surface area contributed by atoms with Gasteiger partial charge in [0.1, 0.15) is 17.3 Å². The third kappa shape index (κ3) is 4.03. The number of H-pyrrole nitrogens is 1. The molecule has 0 radical (unpaired) electrons. The molecule has 1 aromatic heterocycles. The summed E-state index contributed by atoms with van der Waals surface area (Å²) < 4.78 is 13.0. The Labute approximate surface area is 149 Å². The van der Waals surface area contributed by atoms with Gasteiger partial charge in [0.15, 0.2) is 0 Å². The summed E-state index contributed by atoms with van der Waals surface area (Å²) >= 11 is 0. The number of hydrogen-bond donors (Lipinski definition) is 2. The van der Waals surface area contributed by atoms with Crippen LogP contribution in [-0.4, -0.2) is 15.9 Å². The Morgan fingerprint density at radius 1 is 1.08 bits per heavy atom. The maximum atomic E-state index is 13.0. The van der Waals surface area contributed by atoms with E-state index >= 15 is 0 Å². The number of aromatic amines is 1. The summed E-state index contributed by atoms with van der Waals surface area (Å²) in [7, 11) is 0. The lowest BCUT2D eigenvalue weighted by atomic mass is 10.0. The highest BCUT2D eigenvalue weighted by Crippen LogP contribution is 2.22. The Bertz CT molecular complexity index is 979. The van der Waals surface area contributed by atoms with Gasteiger partial charge >= 0.3 is 0 Å². The van der Waals surface area contributed by atoms with Crippen molar-refractivity contribution in [1.29, 1.82) is 0 Å². The van der Waals surface area contributed by atoms with Crippen LogP contribution >= 0.6 is 0 Å². The lowest BCUT2D eigenvalue weighted by Gasteiger charge is -2.15. The van der Waals surface area contributed by atoms with Crippen molar-refractivity contribution in [3.05, 3.63) is 87.9 Å². The monoisotopic (exact) mass is 351 g/mol. The number of hydrogen-bond acceptors (Lipinski definition) is 3. The quantitative estimate of drug-likeness (QED) is 0.757.